The molecule has 0 aliphatic carbocycles. The van der Waals surface area contributed by atoms with Gasteiger partial charge in [-0.2, -0.15) is 0 Å². The Hall–Kier alpha value is -0.580. The lowest BCUT2D eigenvalue weighted by Crippen LogP contribution is -2.20. The maximum atomic E-state index is 9.15. The van der Waals surface area contributed by atoms with Crippen molar-refractivity contribution in [2.75, 3.05) is 24.6 Å². The van der Waals surface area contributed by atoms with E-state index < -0.39 is 0 Å². The van der Waals surface area contributed by atoms with Crippen LogP contribution in [0.4, 0.5) is 5.69 Å². The van der Waals surface area contributed by atoms with Crippen molar-refractivity contribution in [3.63, 3.8) is 0 Å². The standard InChI is InChI=1S/C13H19BrN2O/c1-9(15)12-3-2-11(6-13(12)14)16-5-4-10(7-16)8-17/h2-3,6,9-10,17H,4-5,7-8,15H2,1H3/t9-,10?/m0/s1. The Morgan fingerprint density at radius 2 is 2.35 bits per heavy atom. The Balaban J connectivity index is 2.15. The Kier molecular flexibility index (Phi) is 4.07. The van der Waals surface area contributed by atoms with E-state index in [0.29, 0.717) is 5.92 Å². The summed E-state index contributed by atoms with van der Waals surface area (Å²) >= 11 is 3.57. The number of halogens is 1. The Labute approximate surface area is 111 Å². The monoisotopic (exact) mass is 298 g/mol. The lowest BCUT2D eigenvalue weighted by Gasteiger charge is -2.20. The van der Waals surface area contributed by atoms with Gasteiger partial charge < -0.3 is 15.7 Å². The maximum absolute atomic E-state index is 9.15. The van der Waals surface area contributed by atoms with Crippen molar-refractivity contribution in [2.24, 2.45) is 11.7 Å². The average Bonchev–Trinajstić information content (AvgIpc) is 2.76. The van der Waals surface area contributed by atoms with Gasteiger partial charge in [0, 0.05) is 41.8 Å². The van der Waals surface area contributed by atoms with Crippen molar-refractivity contribution in [3.8, 4) is 0 Å². The molecule has 1 saturated heterocycles. The van der Waals surface area contributed by atoms with Crippen LogP contribution in [0.5, 0.6) is 0 Å². The molecule has 1 aliphatic rings. The number of aliphatic hydroxyl groups excluding tert-OH is 1. The summed E-state index contributed by atoms with van der Waals surface area (Å²) in [6.07, 6.45) is 1.07. The van der Waals surface area contributed by atoms with Gasteiger partial charge in [-0.15, -0.1) is 0 Å². The first-order valence-electron chi connectivity index (χ1n) is 6.02. The highest BCUT2D eigenvalue weighted by Crippen LogP contribution is 2.30. The molecule has 1 aromatic rings. The molecule has 1 aromatic carbocycles. The molecule has 0 spiro atoms. The Morgan fingerprint density at radius 3 is 2.88 bits per heavy atom. The Bertz CT molecular complexity index is 395. The number of nitrogens with two attached hydrogens (primary N) is 1. The van der Waals surface area contributed by atoms with Crippen molar-refractivity contribution in [1.29, 1.82) is 0 Å². The molecule has 1 heterocycles. The highest BCUT2D eigenvalue weighted by atomic mass is 79.9. The third-order valence-electron chi connectivity index (χ3n) is 3.38. The molecule has 0 bridgehead atoms. The SMILES string of the molecule is C[C@H](N)c1ccc(N2CCC(CO)C2)cc1Br. The van der Waals surface area contributed by atoms with E-state index in [1.807, 2.05) is 6.92 Å². The molecule has 0 saturated carbocycles. The van der Waals surface area contributed by atoms with Crippen LogP contribution < -0.4 is 10.6 Å². The second-order valence-electron chi connectivity index (χ2n) is 4.78. The molecule has 17 heavy (non-hydrogen) atoms. The lowest BCUT2D eigenvalue weighted by molar-refractivity contribution is 0.238. The minimum atomic E-state index is 0.0437. The topological polar surface area (TPSA) is 49.5 Å². The molecule has 0 amide bonds. The molecule has 3 N–H and O–H groups in total. The van der Waals surface area contributed by atoms with Crippen LogP contribution in [0.3, 0.4) is 0 Å². The fourth-order valence-corrected chi connectivity index (χ4v) is 3.03. The predicted octanol–water partition coefficient (Wildman–Crippen LogP) is 2.29. The van der Waals surface area contributed by atoms with E-state index in [1.165, 1.54) is 5.69 Å². The van der Waals surface area contributed by atoms with Gasteiger partial charge >= 0.3 is 0 Å². The molecule has 1 unspecified atom stereocenters. The van der Waals surface area contributed by atoms with Gasteiger partial charge in [0.2, 0.25) is 0 Å². The summed E-state index contributed by atoms with van der Waals surface area (Å²) < 4.78 is 1.07. The van der Waals surface area contributed by atoms with Crippen molar-refractivity contribution in [1.82, 2.24) is 0 Å². The largest absolute Gasteiger partial charge is 0.396 e. The average molecular weight is 299 g/mol. The summed E-state index contributed by atoms with van der Waals surface area (Å²) in [5, 5.41) is 9.15. The number of nitrogens with zero attached hydrogens (tertiary/aromatic N) is 1. The van der Waals surface area contributed by atoms with Crippen molar-refractivity contribution < 1.29 is 5.11 Å². The Morgan fingerprint density at radius 1 is 1.59 bits per heavy atom. The molecule has 0 aromatic heterocycles. The minimum absolute atomic E-state index is 0.0437. The van der Waals surface area contributed by atoms with Crippen molar-refractivity contribution in [3.05, 3.63) is 28.2 Å². The van der Waals surface area contributed by atoms with E-state index >= 15 is 0 Å². The zero-order chi connectivity index (χ0) is 12.4. The van der Waals surface area contributed by atoms with Crippen LogP contribution in [0.25, 0.3) is 0 Å². The number of hydrogen-bond donors (Lipinski definition) is 2. The van der Waals surface area contributed by atoms with Crippen molar-refractivity contribution in [2.45, 2.75) is 19.4 Å². The van der Waals surface area contributed by atoms with Gasteiger partial charge in [0.1, 0.15) is 0 Å². The first kappa shape index (κ1) is 12.9. The van der Waals surface area contributed by atoms with Crippen LogP contribution in [-0.4, -0.2) is 24.8 Å². The first-order valence-corrected chi connectivity index (χ1v) is 6.82. The normalized spacial score (nSPS) is 21.9. The number of benzene rings is 1. The van der Waals surface area contributed by atoms with E-state index in [4.69, 9.17) is 10.8 Å². The summed E-state index contributed by atoms with van der Waals surface area (Å²) in [5.74, 6) is 0.418. The molecular formula is C13H19BrN2O. The van der Waals surface area contributed by atoms with E-state index in [-0.39, 0.29) is 12.6 Å². The molecule has 94 valence electrons. The molecular weight excluding hydrogens is 280 g/mol. The molecule has 4 heteroatoms. The second kappa shape index (κ2) is 5.38. The number of hydrogen-bond acceptors (Lipinski definition) is 3. The van der Waals surface area contributed by atoms with Gasteiger partial charge in [-0.1, -0.05) is 22.0 Å². The highest BCUT2D eigenvalue weighted by molar-refractivity contribution is 9.10. The number of aliphatic hydroxyl groups is 1. The quantitative estimate of drug-likeness (QED) is 0.900. The third kappa shape index (κ3) is 2.81. The molecule has 1 fully saturated rings. The molecule has 3 nitrogen and oxygen atoms in total. The summed E-state index contributed by atoms with van der Waals surface area (Å²) in [4.78, 5) is 2.32. The van der Waals surface area contributed by atoms with E-state index in [1.54, 1.807) is 0 Å². The van der Waals surface area contributed by atoms with Gasteiger partial charge in [0.15, 0.2) is 0 Å². The second-order valence-corrected chi connectivity index (χ2v) is 5.63. The van der Waals surface area contributed by atoms with Gasteiger partial charge in [0.05, 0.1) is 0 Å². The number of rotatable bonds is 3. The molecule has 2 rings (SSSR count). The number of anilines is 1. The fourth-order valence-electron chi connectivity index (χ4n) is 2.30. The van der Waals surface area contributed by atoms with Crippen LogP contribution >= 0.6 is 15.9 Å². The summed E-state index contributed by atoms with van der Waals surface area (Å²) in [6.45, 7) is 4.24. The van der Waals surface area contributed by atoms with Crippen molar-refractivity contribution >= 4 is 21.6 Å². The fraction of sp³-hybridized carbons (Fsp3) is 0.538. The smallest absolute Gasteiger partial charge is 0.0476 e. The summed E-state index contributed by atoms with van der Waals surface area (Å²) in [6, 6.07) is 6.36. The lowest BCUT2D eigenvalue weighted by atomic mass is 10.1. The van der Waals surface area contributed by atoms with Crippen LogP contribution in [0.2, 0.25) is 0 Å². The summed E-state index contributed by atoms with van der Waals surface area (Å²) in [7, 11) is 0. The minimum Gasteiger partial charge on any atom is -0.396 e. The third-order valence-corrected chi connectivity index (χ3v) is 4.07. The van der Waals surface area contributed by atoms with Crippen LogP contribution in [-0.2, 0) is 0 Å². The van der Waals surface area contributed by atoms with Gasteiger partial charge in [0.25, 0.3) is 0 Å². The molecule has 1 aliphatic heterocycles. The maximum Gasteiger partial charge on any atom is 0.0476 e. The summed E-state index contributed by atoms with van der Waals surface area (Å²) in [5.41, 5.74) is 8.22. The van der Waals surface area contributed by atoms with E-state index in [0.717, 1.165) is 29.5 Å². The molecule has 2 atom stereocenters. The zero-order valence-electron chi connectivity index (χ0n) is 10.1. The van der Waals surface area contributed by atoms with E-state index in [9.17, 15) is 0 Å². The van der Waals surface area contributed by atoms with Gasteiger partial charge in [-0.25, -0.2) is 0 Å². The zero-order valence-corrected chi connectivity index (χ0v) is 11.7. The van der Waals surface area contributed by atoms with Crippen LogP contribution in [0.1, 0.15) is 24.9 Å². The van der Waals surface area contributed by atoms with Crippen LogP contribution in [0.15, 0.2) is 22.7 Å². The van der Waals surface area contributed by atoms with E-state index in [2.05, 4.69) is 39.0 Å². The van der Waals surface area contributed by atoms with Crippen LogP contribution in [0, 0.1) is 5.92 Å². The highest BCUT2D eigenvalue weighted by Gasteiger charge is 2.22. The predicted molar refractivity (Wildman–Crippen MR) is 74.2 cm³/mol. The molecule has 0 radical (unpaired) electrons. The van der Waals surface area contributed by atoms with Gasteiger partial charge in [-0.3, -0.25) is 0 Å². The van der Waals surface area contributed by atoms with Gasteiger partial charge in [-0.05, 0) is 31.0 Å². The first-order chi connectivity index (χ1) is 8.11.